The number of methoxy groups -OCH3 is 1. The smallest absolute Gasteiger partial charge is 0.249 e. The number of halogens is 1. The fraction of sp³-hybridized carbons (Fsp3) is 0.333. The van der Waals surface area contributed by atoms with E-state index in [1.807, 2.05) is 12.1 Å². The van der Waals surface area contributed by atoms with Gasteiger partial charge in [0.05, 0.1) is 20.9 Å². The summed E-state index contributed by atoms with van der Waals surface area (Å²) in [4.78, 5) is 25.7. The zero-order valence-electron chi connectivity index (χ0n) is 16.1. The quantitative estimate of drug-likeness (QED) is 0.514. The summed E-state index contributed by atoms with van der Waals surface area (Å²) < 4.78 is 6.37. The second-order valence-corrected chi connectivity index (χ2v) is 8.34. The van der Waals surface area contributed by atoms with Crippen molar-refractivity contribution in [1.29, 1.82) is 0 Å². The molecule has 0 bridgehead atoms. The Morgan fingerprint density at radius 1 is 1.17 bits per heavy atom. The van der Waals surface area contributed by atoms with Crippen molar-refractivity contribution in [3.8, 4) is 11.3 Å². The van der Waals surface area contributed by atoms with E-state index < -0.39 is 5.91 Å². The summed E-state index contributed by atoms with van der Waals surface area (Å²) in [6, 6.07) is 7.54. The maximum atomic E-state index is 11.9. The summed E-state index contributed by atoms with van der Waals surface area (Å²) >= 11 is 2.22. The number of amides is 1. The molecule has 3 N–H and O–H groups in total. The first-order valence-electron chi connectivity index (χ1n) is 9.56. The van der Waals surface area contributed by atoms with Gasteiger partial charge in [0.25, 0.3) is 0 Å². The normalized spacial score (nSPS) is 19.2. The van der Waals surface area contributed by atoms with E-state index in [0.29, 0.717) is 34.9 Å². The van der Waals surface area contributed by atoms with Gasteiger partial charge < -0.3 is 15.8 Å². The molecule has 150 valence electrons. The first-order valence-corrected chi connectivity index (χ1v) is 10.6. The predicted octanol–water partition coefficient (Wildman–Crippen LogP) is 3.76. The van der Waals surface area contributed by atoms with Crippen molar-refractivity contribution < 1.29 is 9.53 Å². The molecule has 4 rings (SSSR count). The molecule has 0 atom stereocenters. The van der Waals surface area contributed by atoms with Crippen molar-refractivity contribution >= 4 is 45.3 Å². The van der Waals surface area contributed by atoms with E-state index in [9.17, 15) is 4.79 Å². The van der Waals surface area contributed by atoms with Crippen LogP contribution in [0.2, 0.25) is 0 Å². The lowest BCUT2D eigenvalue weighted by Crippen LogP contribution is -2.29. The number of pyridine rings is 1. The number of rotatable bonds is 5. The van der Waals surface area contributed by atoms with Crippen molar-refractivity contribution in [2.75, 3.05) is 12.4 Å². The molecule has 8 heteroatoms. The number of anilines is 1. The number of primary amides is 1. The van der Waals surface area contributed by atoms with Crippen LogP contribution in [0.1, 0.15) is 36.0 Å². The molecule has 1 aromatic carbocycles. The number of nitrogens with one attached hydrogen (secondary N) is 1. The van der Waals surface area contributed by atoms with Crippen LogP contribution >= 0.6 is 22.6 Å². The number of nitrogens with two attached hydrogens (primary N) is 1. The number of ether oxygens (including phenoxy) is 1. The molecule has 29 heavy (non-hydrogen) atoms. The highest BCUT2D eigenvalue weighted by Crippen LogP contribution is 2.31. The van der Waals surface area contributed by atoms with Crippen molar-refractivity contribution in [3.05, 3.63) is 45.8 Å². The highest BCUT2D eigenvalue weighted by atomic mass is 127. The number of aromatic nitrogens is 3. The Balaban J connectivity index is 1.68. The molecular formula is C21H22IN5O2. The van der Waals surface area contributed by atoms with Crippen LogP contribution < -0.4 is 11.1 Å². The fourth-order valence-corrected chi connectivity index (χ4v) is 4.35. The zero-order chi connectivity index (χ0) is 20.4. The lowest BCUT2D eigenvalue weighted by Gasteiger charge is -2.28. The predicted molar refractivity (Wildman–Crippen MR) is 121 cm³/mol. The number of benzene rings is 1. The minimum absolute atomic E-state index is 0.341. The van der Waals surface area contributed by atoms with Crippen molar-refractivity contribution in [2.24, 2.45) is 5.73 Å². The van der Waals surface area contributed by atoms with E-state index in [0.717, 1.165) is 40.2 Å². The first-order chi connectivity index (χ1) is 14.1. The molecule has 1 saturated carbocycles. The number of carbonyl (C=O) groups excluding carboxylic acids is 1. The van der Waals surface area contributed by atoms with Gasteiger partial charge in [0, 0.05) is 42.1 Å². The maximum absolute atomic E-state index is 11.9. The van der Waals surface area contributed by atoms with Gasteiger partial charge >= 0.3 is 0 Å². The summed E-state index contributed by atoms with van der Waals surface area (Å²) in [5, 5.41) is 4.25. The third-order valence-corrected chi connectivity index (χ3v) is 6.15. The van der Waals surface area contributed by atoms with Crippen LogP contribution in [0.4, 0.5) is 5.95 Å². The highest BCUT2D eigenvalue weighted by molar-refractivity contribution is 14.1. The van der Waals surface area contributed by atoms with Crippen LogP contribution in [0.5, 0.6) is 0 Å². The van der Waals surface area contributed by atoms with Gasteiger partial charge in [0.15, 0.2) is 0 Å². The molecule has 0 unspecified atom stereocenters. The Labute approximate surface area is 182 Å². The number of hydrogen-bond acceptors (Lipinski definition) is 6. The van der Waals surface area contributed by atoms with Crippen LogP contribution in [-0.2, 0) is 4.74 Å². The number of hydrogen-bond donors (Lipinski definition) is 2. The lowest BCUT2D eigenvalue weighted by molar-refractivity contribution is 0.0681. The molecule has 1 amide bonds. The van der Waals surface area contributed by atoms with Crippen LogP contribution in [0, 0.1) is 3.57 Å². The van der Waals surface area contributed by atoms with Gasteiger partial charge in [-0.1, -0.05) is 18.2 Å². The van der Waals surface area contributed by atoms with Gasteiger partial charge in [-0.15, -0.1) is 0 Å². The average molecular weight is 503 g/mol. The van der Waals surface area contributed by atoms with E-state index in [1.165, 1.54) is 0 Å². The van der Waals surface area contributed by atoms with E-state index in [-0.39, 0.29) is 0 Å². The Bertz CT molecular complexity index is 1050. The molecular weight excluding hydrogens is 481 g/mol. The Morgan fingerprint density at radius 2 is 1.93 bits per heavy atom. The monoisotopic (exact) mass is 503 g/mol. The molecule has 3 aromatic rings. The SMILES string of the molecule is COC1CCC(Nc2ncc3c(-c4ccccc4C(N)=O)ncc(I)c3n2)CC1. The lowest BCUT2D eigenvalue weighted by atomic mass is 9.93. The minimum atomic E-state index is -0.486. The molecule has 1 aliphatic carbocycles. The minimum Gasteiger partial charge on any atom is -0.381 e. The van der Waals surface area contributed by atoms with Crippen LogP contribution in [0.25, 0.3) is 22.2 Å². The van der Waals surface area contributed by atoms with E-state index in [1.54, 1.807) is 31.6 Å². The van der Waals surface area contributed by atoms with Gasteiger partial charge in [0.2, 0.25) is 11.9 Å². The van der Waals surface area contributed by atoms with Gasteiger partial charge in [0.1, 0.15) is 0 Å². The fourth-order valence-electron chi connectivity index (χ4n) is 3.80. The van der Waals surface area contributed by atoms with Crippen LogP contribution in [-0.4, -0.2) is 40.1 Å². The standard InChI is InChI=1S/C21H22IN5O2/c1-29-13-8-6-12(7-9-13)26-21-25-10-16-18(24-11-17(22)19(16)27-21)14-4-2-3-5-15(14)20(23)28/h2-5,10-13H,6-9H2,1H3,(H2,23,28)(H,25,26,27). The molecule has 0 radical (unpaired) electrons. The number of carbonyl (C=O) groups is 1. The summed E-state index contributed by atoms with van der Waals surface area (Å²) in [6.45, 7) is 0. The van der Waals surface area contributed by atoms with Crippen molar-refractivity contribution in [2.45, 2.75) is 37.8 Å². The second kappa shape index (κ2) is 8.58. The summed E-state index contributed by atoms with van der Waals surface area (Å²) in [5.41, 5.74) is 8.13. The van der Waals surface area contributed by atoms with E-state index in [2.05, 4.69) is 37.9 Å². The second-order valence-electron chi connectivity index (χ2n) is 7.17. The van der Waals surface area contributed by atoms with Crippen molar-refractivity contribution in [1.82, 2.24) is 15.0 Å². The first kappa shape index (κ1) is 20.0. The summed E-state index contributed by atoms with van der Waals surface area (Å²) in [6.07, 6.45) is 8.03. The molecule has 0 aliphatic heterocycles. The Kier molecular flexibility index (Phi) is 5.91. The average Bonchev–Trinajstić information content (AvgIpc) is 2.75. The Hall–Kier alpha value is -2.33. The molecule has 0 saturated heterocycles. The number of nitrogens with zero attached hydrogens (tertiary/aromatic N) is 3. The zero-order valence-corrected chi connectivity index (χ0v) is 18.2. The Morgan fingerprint density at radius 3 is 2.66 bits per heavy atom. The third kappa shape index (κ3) is 4.18. The largest absolute Gasteiger partial charge is 0.381 e. The summed E-state index contributed by atoms with van der Waals surface area (Å²) in [5.74, 6) is 0.122. The van der Waals surface area contributed by atoms with Gasteiger partial charge in [-0.2, -0.15) is 0 Å². The summed E-state index contributed by atoms with van der Waals surface area (Å²) in [7, 11) is 1.77. The molecule has 2 heterocycles. The van der Waals surface area contributed by atoms with Gasteiger partial charge in [-0.25, -0.2) is 9.97 Å². The topological polar surface area (TPSA) is 103 Å². The molecule has 0 spiro atoms. The van der Waals surface area contributed by atoms with Gasteiger partial charge in [-0.3, -0.25) is 9.78 Å². The van der Waals surface area contributed by atoms with Crippen molar-refractivity contribution in [3.63, 3.8) is 0 Å². The maximum Gasteiger partial charge on any atom is 0.249 e. The van der Waals surface area contributed by atoms with Gasteiger partial charge in [-0.05, 0) is 54.3 Å². The molecule has 1 fully saturated rings. The molecule has 1 aliphatic rings. The van der Waals surface area contributed by atoms with Crippen LogP contribution in [0.3, 0.4) is 0 Å². The molecule has 2 aromatic heterocycles. The highest BCUT2D eigenvalue weighted by Gasteiger charge is 2.22. The third-order valence-electron chi connectivity index (χ3n) is 5.37. The number of fused-ring (bicyclic) bond motifs is 1. The van der Waals surface area contributed by atoms with E-state index >= 15 is 0 Å². The molecule has 7 nitrogen and oxygen atoms in total. The van der Waals surface area contributed by atoms with E-state index in [4.69, 9.17) is 15.5 Å². The van der Waals surface area contributed by atoms with Crippen LogP contribution in [0.15, 0.2) is 36.7 Å².